The van der Waals surface area contributed by atoms with E-state index in [4.69, 9.17) is 10.2 Å². The van der Waals surface area contributed by atoms with Crippen LogP contribution in [0.15, 0.2) is 5.80 Å². The zero-order valence-electron chi connectivity index (χ0n) is 7.89. The molecule has 0 aliphatic heterocycles. The molecular weight excluding hydrogens is 207 g/mol. The fraction of sp³-hybridized carbons (Fsp3) is 0.500. The van der Waals surface area contributed by atoms with Crippen molar-refractivity contribution in [3.63, 3.8) is 0 Å². The van der Waals surface area contributed by atoms with E-state index in [9.17, 15) is 0 Å². The van der Waals surface area contributed by atoms with Crippen molar-refractivity contribution in [2.24, 2.45) is 0 Å². The molecule has 0 saturated carbocycles. The summed E-state index contributed by atoms with van der Waals surface area (Å²) < 4.78 is 0. The van der Waals surface area contributed by atoms with Gasteiger partial charge in [0.2, 0.25) is 0 Å². The van der Waals surface area contributed by atoms with Crippen molar-refractivity contribution in [1.29, 1.82) is 0 Å². The van der Waals surface area contributed by atoms with Crippen LogP contribution in [0.25, 0.3) is 0 Å². The molecule has 0 N–H and O–H groups in total. The van der Waals surface area contributed by atoms with E-state index in [2.05, 4.69) is 25.7 Å². The monoisotopic (exact) mass is 221 g/mol. The predicted octanol–water partition coefficient (Wildman–Crippen LogP) is 0.0854. The summed E-state index contributed by atoms with van der Waals surface area (Å²) in [7, 11) is 2.41. The summed E-state index contributed by atoms with van der Waals surface area (Å²) in [5, 5.41) is 17.9. The molecule has 0 aliphatic carbocycles. The first-order valence-electron chi connectivity index (χ1n) is 3.14. The van der Waals surface area contributed by atoms with E-state index in [0.717, 1.165) is 22.4 Å². The summed E-state index contributed by atoms with van der Waals surface area (Å²) in [5.74, 6) is 2.22. The third kappa shape index (κ3) is 10.4. The Morgan fingerprint density at radius 3 is 1.67 bits per heavy atom. The van der Waals surface area contributed by atoms with Gasteiger partial charge in [-0.15, -0.1) is 5.30 Å². The summed E-state index contributed by atoms with van der Waals surface area (Å²) in [6.07, 6.45) is 0. The van der Waals surface area contributed by atoms with Crippen molar-refractivity contribution in [2.75, 3.05) is 14.2 Å². The molecule has 0 bridgehead atoms. The van der Waals surface area contributed by atoms with Gasteiger partial charge in [0.15, 0.2) is 0 Å². The molecule has 0 fully saturated rings. The summed E-state index contributed by atoms with van der Waals surface area (Å²) in [4.78, 5) is 0. The van der Waals surface area contributed by atoms with Crippen LogP contribution in [-0.2, 0) is 21.7 Å². The van der Waals surface area contributed by atoms with Gasteiger partial charge in [0.05, 0.1) is 0 Å². The minimum absolute atomic E-state index is 0. The largest absolute Gasteiger partial charge is 3.00 e. The van der Waals surface area contributed by atoms with Gasteiger partial charge in [-0.25, -0.2) is 19.8 Å². The van der Waals surface area contributed by atoms with Crippen molar-refractivity contribution in [3.8, 4) is 0 Å². The van der Waals surface area contributed by atoms with Crippen LogP contribution in [0, 0.1) is 19.9 Å². The second-order valence-electron chi connectivity index (χ2n) is 1.72. The van der Waals surface area contributed by atoms with Gasteiger partial charge in [-0.1, -0.05) is 13.8 Å². The first-order valence-corrected chi connectivity index (χ1v) is 4.22. The molecule has 0 amide bonds. The number of hydrogen-bond acceptors (Lipinski definition) is 2. The summed E-state index contributed by atoms with van der Waals surface area (Å²) in [6.45, 7) is 4.20. The Labute approximate surface area is 91.0 Å². The maximum Gasteiger partial charge on any atom is 3.00 e. The van der Waals surface area contributed by atoms with Gasteiger partial charge in [0.1, 0.15) is 0 Å². The van der Waals surface area contributed by atoms with Crippen molar-refractivity contribution in [1.82, 2.24) is 0 Å². The summed E-state index contributed by atoms with van der Waals surface area (Å²) >= 11 is 0. The average Bonchev–Trinajstić information content (AvgIpc) is 2.43. The zero-order valence-corrected chi connectivity index (χ0v) is 10.5. The molecule has 0 saturated heterocycles. The maximum atomic E-state index is 8.25. The third-order valence-corrected chi connectivity index (χ3v) is 2.03. The molecule has 12 heavy (non-hydrogen) atoms. The standard InChI is InChI=1S/C6H8P.2CH3O.Ti/c1-5-3-6(2)7-4-5;2*1-2;/h4,7H,1-2H3;2*1H3;/q3*-1;+3. The molecule has 1 heterocycles. The van der Waals surface area contributed by atoms with Gasteiger partial charge in [0, 0.05) is 0 Å². The first kappa shape index (κ1) is 18.2. The van der Waals surface area contributed by atoms with Gasteiger partial charge in [-0.05, 0) is 0 Å². The summed E-state index contributed by atoms with van der Waals surface area (Å²) in [6, 6.07) is 3.21. The Bertz CT molecular complexity index is 149. The minimum Gasteiger partial charge on any atom is -0.857 e. The average molecular weight is 221 g/mol. The molecule has 1 atom stereocenters. The van der Waals surface area contributed by atoms with Gasteiger partial charge in [-0.2, -0.15) is 20.0 Å². The molecule has 4 heteroatoms. The molecule has 0 aromatic carbocycles. The van der Waals surface area contributed by atoms with Gasteiger partial charge < -0.3 is 10.2 Å². The number of aryl methyl sites for hydroxylation is 2. The Hall–Kier alpha value is 0.414. The third-order valence-electron chi connectivity index (χ3n) is 0.890. The van der Waals surface area contributed by atoms with E-state index in [1.54, 1.807) is 0 Å². The Balaban J connectivity index is -0.000000144. The quantitative estimate of drug-likeness (QED) is 0.460. The topological polar surface area (TPSA) is 46.1 Å². The number of hydrogen-bond donors (Lipinski definition) is 0. The number of rotatable bonds is 0. The van der Waals surface area contributed by atoms with Crippen LogP contribution >= 0.6 is 8.19 Å². The van der Waals surface area contributed by atoms with E-state index in [0.29, 0.717) is 0 Å². The molecule has 1 unspecified atom stereocenters. The molecule has 67 valence electrons. The first-order chi connectivity index (χ1) is 5.29. The normalized spacial score (nSPS) is 7.17. The van der Waals surface area contributed by atoms with E-state index >= 15 is 0 Å². The van der Waals surface area contributed by atoms with Gasteiger partial charge >= 0.3 is 21.7 Å². The smallest absolute Gasteiger partial charge is 0.857 e. The fourth-order valence-corrected chi connectivity index (χ4v) is 1.36. The maximum absolute atomic E-state index is 8.25. The van der Waals surface area contributed by atoms with Crippen LogP contribution < -0.4 is 10.2 Å². The van der Waals surface area contributed by atoms with Crippen LogP contribution in [0.1, 0.15) is 10.9 Å². The fourth-order valence-electron chi connectivity index (χ4n) is 0.584. The van der Waals surface area contributed by atoms with Gasteiger partial charge in [-0.3, -0.25) is 0 Å². The van der Waals surface area contributed by atoms with E-state index in [-0.39, 0.29) is 21.7 Å². The van der Waals surface area contributed by atoms with Crippen molar-refractivity contribution >= 4 is 8.19 Å². The van der Waals surface area contributed by atoms with Crippen LogP contribution in [0.4, 0.5) is 0 Å². The van der Waals surface area contributed by atoms with Crippen LogP contribution in [0.2, 0.25) is 0 Å². The molecule has 1 rings (SSSR count). The second-order valence-corrected chi connectivity index (χ2v) is 3.05. The van der Waals surface area contributed by atoms with Gasteiger partial charge in [0.25, 0.3) is 0 Å². The molecule has 1 aromatic heterocycles. The SMILES string of the molecule is C[O-].C[O-].Cc1[c-]c(C)[pH]c1.[Ti+3]. The minimum atomic E-state index is 0. The van der Waals surface area contributed by atoms with E-state index in [1.165, 1.54) is 10.9 Å². The van der Waals surface area contributed by atoms with Crippen LogP contribution in [0.3, 0.4) is 0 Å². The van der Waals surface area contributed by atoms with E-state index in [1.807, 2.05) is 0 Å². The van der Waals surface area contributed by atoms with Crippen molar-refractivity contribution in [3.05, 3.63) is 22.7 Å². The molecule has 2 nitrogen and oxygen atoms in total. The second kappa shape index (κ2) is 14.0. The van der Waals surface area contributed by atoms with E-state index < -0.39 is 0 Å². The molecule has 0 aliphatic rings. The summed E-state index contributed by atoms with van der Waals surface area (Å²) in [5.41, 5.74) is 1.30. The Morgan fingerprint density at radius 2 is 1.58 bits per heavy atom. The van der Waals surface area contributed by atoms with Crippen LogP contribution in [0.5, 0.6) is 0 Å². The molecule has 1 aromatic rings. The molecule has 0 spiro atoms. The predicted molar refractivity (Wildman–Crippen MR) is 46.1 cm³/mol. The van der Waals surface area contributed by atoms with Crippen molar-refractivity contribution < 1.29 is 31.9 Å². The molecule has 1 radical (unpaired) electrons. The van der Waals surface area contributed by atoms with Crippen molar-refractivity contribution in [2.45, 2.75) is 13.8 Å². The van der Waals surface area contributed by atoms with Crippen LogP contribution in [-0.4, -0.2) is 14.2 Å². The molecular formula is C8H14O2PTi. The zero-order chi connectivity index (χ0) is 9.28. The Kier molecular flexibility index (Phi) is 21.2. The Morgan fingerprint density at radius 1 is 1.17 bits per heavy atom.